The highest BCUT2D eigenvalue weighted by Gasteiger charge is 2.10. The van der Waals surface area contributed by atoms with E-state index in [-0.39, 0.29) is 6.61 Å². The molecule has 6 nitrogen and oxygen atoms in total. The molecule has 7 heteroatoms. The minimum Gasteiger partial charge on any atom is -0.466 e. The third kappa shape index (κ3) is 18.4. The van der Waals surface area contributed by atoms with Gasteiger partial charge in [0.15, 0.2) is 0 Å². The first-order valence-electron chi connectivity index (χ1n) is 3.27. The van der Waals surface area contributed by atoms with Crippen molar-refractivity contribution in [3.05, 3.63) is 12.7 Å². The quantitative estimate of drug-likeness (QED) is 0.401. The number of methoxy groups -OCH3 is 1. The van der Waals surface area contributed by atoms with E-state index in [4.69, 9.17) is 9.79 Å². The predicted octanol–water partition coefficient (Wildman–Crippen LogP) is 0.461. The van der Waals surface area contributed by atoms with Crippen LogP contribution in [0.5, 0.6) is 0 Å². The Balaban J connectivity index is 0. The van der Waals surface area contributed by atoms with Crippen molar-refractivity contribution >= 4 is 13.8 Å². The topological polar surface area (TPSA) is 93.1 Å². The van der Waals surface area contributed by atoms with Crippen LogP contribution in [0.4, 0.5) is 0 Å². The summed E-state index contributed by atoms with van der Waals surface area (Å²) in [5.74, 6) is -0.394. The minimum absolute atomic E-state index is 0.0459. The summed E-state index contributed by atoms with van der Waals surface area (Å²) in [6.07, 6.45) is 1.11. The Hall–Kier alpha value is -0.680. The molecule has 13 heavy (non-hydrogen) atoms. The van der Waals surface area contributed by atoms with E-state index in [9.17, 15) is 9.36 Å². The zero-order valence-corrected chi connectivity index (χ0v) is 8.36. The van der Waals surface area contributed by atoms with Crippen molar-refractivity contribution in [3.63, 3.8) is 0 Å². The Morgan fingerprint density at radius 1 is 1.62 bits per heavy atom. The average Bonchev–Trinajstić information content (AvgIpc) is 2.02. The number of hydrogen-bond acceptors (Lipinski definition) is 4. The summed E-state index contributed by atoms with van der Waals surface area (Å²) >= 11 is 0. The first-order valence-corrected chi connectivity index (χ1v) is 4.80. The molecule has 0 fully saturated rings. The van der Waals surface area contributed by atoms with Crippen LogP contribution in [0.2, 0.25) is 0 Å². The van der Waals surface area contributed by atoms with Crippen molar-refractivity contribution < 1.29 is 28.4 Å². The number of phosphoric acid groups is 1. The molecule has 2 N–H and O–H groups in total. The van der Waals surface area contributed by atoms with Crippen LogP contribution in [0.25, 0.3) is 0 Å². The molecule has 0 aromatic rings. The van der Waals surface area contributed by atoms with Crippen molar-refractivity contribution in [3.8, 4) is 0 Å². The van der Waals surface area contributed by atoms with Crippen LogP contribution in [-0.2, 0) is 18.6 Å². The zero-order chi connectivity index (χ0) is 10.9. The molecule has 0 rings (SSSR count). The molecule has 0 aliphatic carbocycles. The van der Waals surface area contributed by atoms with Gasteiger partial charge in [-0.15, -0.1) is 0 Å². The summed E-state index contributed by atoms with van der Waals surface area (Å²) in [6.45, 7) is 4.72. The molecule has 0 radical (unpaired) electrons. The number of carbonyl (C=O) groups is 1. The van der Waals surface area contributed by atoms with Crippen LogP contribution in [0.3, 0.4) is 0 Å². The second-order valence-corrected chi connectivity index (χ2v) is 2.87. The maximum Gasteiger partial charge on any atom is 0.469 e. The fourth-order valence-corrected chi connectivity index (χ4v) is 0.588. The number of phosphoric ester groups is 1. The van der Waals surface area contributed by atoms with Crippen molar-refractivity contribution in [1.29, 1.82) is 0 Å². The number of ether oxygens (including phenoxy) is 1. The normalized spacial score (nSPS) is 9.54. The second-order valence-electron chi connectivity index (χ2n) is 1.64. The van der Waals surface area contributed by atoms with Gasteiger partial charge in [-0.2, -0.15) is 0 Å². The van der Waals surface area contributed by atoms with E-state index in [0.717, 1.165) is 6.08 Å². The Morgan fingerprint density at radius 2 is 2.08 bits per heavy atom. The molecule has 0 saturated carbocycles. The Kier molecular flexibility index (Phi) is 9.06. The third-order valence-electron chi connectivity index (χ3n) is 0.665. The molecule has 0 aliphatic rings. The van der Waals surface area contributed by atoms with Gasteiger partial charge >= 0.3 is 13.8 Å². The highest BCUT2D eigenvalue weighted by atomic mass is 31.2. The molecule has 0 atom stereocenters. The van der Waals surface area contributed by atoms with E-state index in [0.29, 0.717) is 0 Å². The number of hydrogen-bond donors (Lipinski definition) is 2. The molecule has 0 heterocycles. The molecule has 0 spiro atoms. The van der Waals surface area contributed by atoms with Crippen LogP contribution in [-0.4, -0.2) is 29.5 Å². The summed E-state index contributed by atoms with van der Waals surface area (Å²) < 4.78 is 17.7. The molecule has 0 saturated heterocycles. The lowest BCUT2D eigenvalue weighted by Crippen LogP contribution is -1.91. The van der Waals surface area contributed by atoms with Gasteiger partial charge in [-0.3, -0.25) is 4.52 Å². The molecule has 0 amide bonds. The van der Waals surface area contributed by atoms with Crippen molar-refractivity contribution in [2.75, 3.05) is 13.7 Å². The Bertz CT molecular complexity index is 195. The maximum absolute atomic E-state index is 9.84. The van der Waals surface area contributed by atoms with E-state index in [1.165, 1.54) is 14.0 Å². The van der Waals surface area contributed by atoms with Gasteiger partial charge in [-0.05, 0) is 6.92 Å². The molecular formula is C6H13O6P. The largest absolute Gasteiger partial charge is 0.469 e. The summed E-state index contributed by atoms with van der Waals surface area (Å²) in [6, 6.07) is 0. The van der Waals surface area contributed by atoms with Crippen molar-refractivity contribution in [2.45, 2.75) is 6.92 Å². The fraction of sp³-hybridized carbons (Fsp3) is 0.500. The van der Waals surface area contributed by atoms with E-state index in [1.807, 2.05) is 0 Å². The van der Waals surface area contributed by atoms with Gasteiger partial charge in [-0.1, -0.05) is 6.58 Å². The molecule has 78 valence electrons. The van der Waals surface area contributed by atoms with Gasteiger partial charge < -0.3 is 14.5 Å². The molecule has 0 bridgehead atoms. The van der Waals surface area contributed by atoms with E-state index in [2.05, 4.69) is 15.8 Å². The third-order valence-corrected chi connectivity index (χ3v) is 1.26. The molecule has 0 unspecified atom stereocenters. The standard InChI is InChI=1S/C4H6O2.C2H7O4P/c1-3-4(5)6-2;1-2-6-7(3,4)5/h3H,1H2,2H3;2H2,1H3,(H2,3,4,5). The van der Waals surface area contributed by atoms with Gasteiger partial charge in [0.05, 0.1) is 13.7 Å². The van der Waals surface area contributed by atoms with E-state index < -0.39 is 13.8 Å². The molecule has 0 aromatic carbocycles. The first kappa shape index (κ1) is 14.8. The Labute approximate surface area is 76.4 Å². The summed E-state index contributed by atoms with van der Waals surface area (Å²) in [5.41, 5.74) is 0. The highest BCUT2D eigenvalue weighted by Crippen LogP contribution is 2.34. The summed E-state index contributed by atoms with van der Waals surface area (Å²) in [4.78, 5) is 25.7. The van der Waals surface area contributed by atoms with Crippen molar-refractivity contribution in [1.82, 2.24) is 0 Å². The van der Waals surface area contributed by atoms with Crippen LogP contribution in [0, 0.1) is 0 Å². The number of rotatable bonds is 3. The van der Waals surface area contributed by atoms with E-state index >= 15 is 0 Å². The highest BCUT2D eigenvalue weighted by molar-refractivity contribution is 7.46. The lowest BCUT2D eigenvalue weighted by Gasteiger charge is -1.98. The lowest BCUT2D eigenvalue weighted by molar-refractivity contribution is -0.134. The predicted molar refractivity (Wildman–Crippen MR) is 45.9 cm³/mol. The first-order chi connectivity index (χ1) is 5.87. The monoisotopic (exact) mass is 212 g/mol. The van der Waals surface area contributed by atoms with Gasteiger partial charge in [0, 0.05) is 6.08 Å². The van der Waals surface area contributed by atoms with E-state index in [1.54, 1.807) is 0 Å². The molecule has 0 aliphatic heterocycles. The van der Waals surface area contributed by atoms with Crippen LogP contribution in [0.1, 0.15) is 6.92 Å². The number of esters is 1. The smallest absolute Gasteiger partial charge is 0.466 e. The summed E-state index contributed by atoms with van der Waals surface area (Å²) in [7, 11) is -2.86. The lowest BCUT2D eigenvalue weighted by atomic mass is 10.7. The van der Waals surface area contributed by atoms with Gasteiger partial charge in [0.25, 0.3) is 0 Å². The average molecular weight is 212 g/mol. The summed E-state index contributed by atoms with van der Waals surface area (Å²) in [5, 5.41) is 0. The fourth-order valence-electron chi connectivity index (χ4n) is 0.252. The Morgan fingerprint density at radius 3 is 2.08 bits per heavy atom. The maximum atomic E-state index is 9.84. The SMILES string of the molecule is C=CC(=O)OC.CCOP(=O)(O)O. The van der Waals surface area contributed by atoms with Crippen LogP contribution >= 0.6 is 7.82 Å². The molecule has 0 aromatic heterocycles. The van der Waals surface area contributed by atoms with Gasteiger partial charge in [-0.25, -0.2) is 9.36 Å². The minimum atomic E-state index is -4.17. The van der Waals surface area contributed by atoms with Crippen LogP contribution < -0.4 is 0 Å². The zero-order valence-electron chi connectivity index (χ0n) is 7.47. The van der Waals surface area contributed by atoms with Gasteiger partial charge in [0.1, 0.15) is 0 Å². The van der Waals surface area contributed by atoms with Crippen molar-refractivity contribution in [2.24, 2.45) is 0 Å². The second kappa shape index (κ2) is 7.94. The van der Waals surface area contributed by atoms with Crippen LogP contribution in [0.15, 0.2) is 12.7 Å². The number of carbonyl (C=O) groups excluding carboxylic acids is 1. The van der Waals surface area contributed by atoms with Gasteiger partial charge in [0.2, 0.25) is 0 Å². The molecular weight excluding hydrogens is 199 g/mol.